The maximum absolute atomic E-state index is 13.1. The molecule has 1 amide bonds. The lowest BCUT2D eigenvalue weighted by Gasteiger charge is -2.37. The second-order valence-electron chi connectivity index (χ2n) is 6.37. The summed E-state index contributed by atoms with van der Waals surface area (Å²) in [5.41, 5.74) is 0.660. The monoisotopic (exact) mass is 316 g/mol. The smallest absolute Gasteiger partial charge is 0.258 e. The highest BCUT2D eigenvalue weighted by atomic mass is 16.3. The van der Waals surface area contributed by atoms with Gasteiger partial charge in [-0.15, -0.1) is 0 Å². The van der Waals surface area contributed by atoms with Crippen LogP contribution >= 0.6 is 0 Å². The SMILES string of the molecule is Cc1cc(C(=O)N(Cc2ccco2)C2CCN(C)CC2)c(C)o1. The summed E-state index contributed by atoms with van der Waals surface area (Å²) in [7, 11) is 2.12. The number of amides is 1. The van der Waals surface area contributed by atoms with Crippen LogP contribution in [-0.4, -0.2) is 41.9 Å². The highest BCUT2D eigenvalue weighted by molar-refractivity contribution is 5.95. The molecule has 124 valence electrons. The van der Waals surface area contributed by atoms with E-state index in [-0.39, 0.29) is 11.9 Å². The van der Waals surface area contributed by atoms with E-state index in [2.05, 4.69) is 11.9 Å². The number of rotatable bonds is 4. The van der Waals surface area contributed by atoms with Gasteiger partial charge in [0.1, 0.15) is 17.3 Å². The first-order valence-corrected chi connectivity index (χ1v) is 8.13. The Hall–Kier alpha value is -2.01. The highest BCUT2D eigenvalue weighted by Crippen LogP contribution is 2.24. The minimum absolute atomic E-state index is 0.0327. The first-order valence-electron chi connectivity index (χ1n) is 8.13. The van der Waals surface area contributed by atoms with Gasteiger partial charge in [0, 0.05) is 6.04 Å². The van der Waals surface area contributed by atoms with E-state index in [0.29, 0.717) is 17.9 Å². The summed E-state index contributed by atoms with van der Waals surface area (Å²) >= 11 is 0. The van der Waals surface area contributed by atoms with Crippen molar-refractivity contribution in [2.75, 3.05) is 20.1 Å². The molecule has 1 saturated heterocycles. The number of carbonyl (C=O) groups is 1. The molecule has 0 aliphatic carbocycles. The molecule has 2 aromatic heterocycles. The average molecular weight is 316 g/mol. The van der Waals surface area contributed by atoms with Gasteiger partial charge in [-0.3, -0.25) is 4.79 Å². The predicted molar refractivity (Wildman–Crippen MR) is 87.3 cm³/mol. The van der Waals surface area contributed by atoms with Gasteiger partial charge in [-0.2, -0.15) is 0 Å². The normalized spacial score (nSPS) is 16.7. The minimum Gasteiger partial charge on any atom is -0.467 e. The van der Waals surface area contributed by atoms with Crippen molar-refractivity contribution < 1.29 is 13.6 Å². The van der Waals surface area contributed by atoms with E-state index in [1.54, 1.807) is 6.26 Å². The lowest BCUT2D eigenvalue weighted by molar-refractivity contribution is 0.0549. The van der Waals surface area contributed by atoms with E-state index in [9.17, 15) is 4.79 Å². The molecular formula is C18H24N2O3. The summed E-state index contributed by atoms with van der Waals surface area (Å²) in [4.78, 5) is 17.3. The second-order valence-corrected chi connectivity index (χ2v) is 6.37. The van der Waals surface area contributed by atoms with Gasteiger partial charge in [-0.25, -0.2) is 0 Å². The van der Waals surface area contributed by atoms with Crippen molar-refractivity contribution in [3.8, 4) is 0 Å². The van der Waals surface area contributed by atoms with E-state index in [1.807, 2.05) is 36.9 Å². The summed E-state index contributed by atoms with van der Waals surface area (Å²) in [5.74, 6) is 2.30. The number of aryl methyl sites for hydroxylation is 2. The van der Waals surface area contributed by atoms with Gasteiger partial charge < -0.3 is 18.6 Å². The lowest BCUT2D eigenvalue weighted by Crippen LogP contribution is -2.46. The molecule has 5 nitrogen and oxygen atoms in total. The molecule has 0 radical (unpaired) electrons. The Morgan fingerprint density at radius 3 is 2.65 bits per heavy atom. The van der Waals surface area contributed by atoms with Gasteiger partial charge in [0.05, 0.1) is 18.4 Å². The van der Waals surface area contributed by atoms with Crippen LogP contribution < -0.4 is 0 Å². The lowest BCUT2D eigenvalue weighted by atomic mass is 10.0. The Kier molecular flexibility index (Phi) is 4.57. The van der Waals surface area contributed by atoms with Gasteiger partial charge in [0.2, 0.25) is 0 Å². The molecule has 0 N–H and O–H groups in total. The summed E-state index contributed by atoms with van der Waals surface area (Å²) in [5, 5.41) is 0. The first-order chi connectivity index (χ1) is 11.0. The quantitative estimate of drug-likeness (QED) is 0.869. The van der Waals surface area contributed by atoms with E-state index < -0.39 is 0 Å². The van der Waals surface area contributed by atoms with Crippen LogP contribution in [0.1, 0.15) is 40.5 Å². The van der Waals surface area contributed by atoms with E-state index in [0.717, 1.165) is 37.5 Å². The van der Waals surface area contributed by atoms with E-state index in [1.165, 1.54) is 0 Å². The second kappa shape index (κ2) is 6.62. The fourth-order valence-corrected chi connectivity index (χ4v) is 3.24. The highest BCUT2D eigenvalue weighted by Gasteiger charge is 2.30. The van der Waals surface area contributed by atoms with Gasteiger partial charge in [-0.05, 0) is 65.0 Å². The molecule has 3 rings (SSSR count). The summed E-state index contributed by atoms with van der Waals surface area (Å²) in [6.45, 7) is 6.24. The topological polar surface area (TPSA) is 49.8 Å². The standard InChI is InChI=1S/C18H24N2O3/c1-13-11-17(14(2)23-13)18(21)20(12-16-5-4-10-22-16)15-6-8-19(3)9-7-15/h4-5,10-11,15H,6-9,12H2,1-3H3. The number of piperidine rings is 1. The number of hydrogen-bond acceptors (Lipinski definition) is 4. The fraction of sp³-hybridized carbons (Fsp3) is 0.500. The van der Waals surface area contributed by atoms with Gasteiger partial charge >= 0.3 is 0 Å². The fourth-order valence-electron chi connectivity index (χ4n) is 3.24. The Labute approximate surface area is 136 Å². The Morgan fingerprint density at radius 1 is 1.35 bits per heavy atom. The van der Waals surface area contributed by atoms with Crippen molar-refractivity contribution in [2.24, 2.45) is 0 Å². The molecule has 1 aliphatic heterocycles. The number of nitrogens with zero attached hydrogens (tertiary/aromatic N) is 2. The minimum atomic E-state index is 0.0327. The third kappa shape index (κ3) is 3.50. The van der Waals surface area contributed by atoms with Crippen molar-refractivity contribution >= 4 is 5.91 Å². The van der Waals surface area contributed by atoms with Crippen molar-refractivity contribution in [1.82, 2.24) is 9.80 Å². The van der Waals surface area contributed by atoms with Gasteiger partial charge in [0.15, 0.2) is 0 Å². The molecule has 1 aliphatic rings. The summed E-state index contributed by atoms with van der Waals surface area (Å²) in [6, 6.07) is 5.85. The molecule has 0 aromatic carbocycles. The number of hydrogen-bond donors (Lipinski definition) is 0. The largest absolute Gasteiger partial charge is 0.467 e. The Morgan fingerprint density at radius 2 is 2.09 bits per heavy atom. The van der Waals surface area contributed by atoms with Crippen molar-refractivity contribution in [3.05, 3.63) is 47.3 Å². The van der Waals surface area contributed by atoms with Crippen LogP contribution in [0.4, 0.5) is 0 Å². The van der Waals surface area contributed by atoms with Gasteiger partial charge in [-0.1, -0.05) is 0 Å². The average Bonchev–Trinajstić information content (AvgIpc) is 3.14. The molecule has 23 heavy (non-hydrogen) atoms. The van der Waals surface area contributed by atoms with E-state index >= 15 is 0 Å². The van der Waals surface area contributed by atoms with Crippen LogP contribution in [0.5, 0.6) is 0 Å². The van der Waals surface area contributed by atoms with Gasteiger partial charge in [0.25, 0.3) is 5.91 Å². The van der Waals surface area contributed by atoms with Crippen LogP contribution in [0.25, 0.3) is 0 Å². The van der Waals surface area contributed by atoms with E-state index in [4.69, 9.17) is 8.83 Å². The van der Waals surface area contributed by atoms with Crippen molar-refractivity contribution in [2.45, 2.75) is 39.3 Å². The molecule has 0 saturated carbocycles. The Bertz CT molecular complexity index is 652. The zero-order valence-electron chi connectivity index (χ0n) is 14.0. The molecule has 0 unspecified atom stereocenters. The number of carbonyl (C=O) groups excluding carboxylic acids is 1. The van der Waals surface area contributed by atoms with Crippen molar-refractivity contribution in [1.29, 1.82) is 0 Å². The first kappa shape index (κ1) is 15.9. The number of likely N-dealkylation sites (tertiary alicyclic amines) is 1. The predicted octanol–water partition coefficient (Wildman–Crippen LogP) is 3.23. The maximum Gasteiger partial charge on any atom is 0.258 e. The zero-order valence-corrected chi connectivity index (χ0v) is 14.0. The van der Waals surface area contributed by atoms with Crippen LogP contribution in [0, 0.1) is 13.8 Å². The third-order valence-electron chi connectivity index (χ3n) is 4.57. The molecule has 1 fully saturated rings. The maximum atomic E-state index is 13.1. The summed E-state index contributed by atoms with van der Waals surface area (Å²) < 4.78 is 11.0. The molecule has 5 heteroatoms. The molecule has 0 spiro atoms. The summed E-state index contributed by atoms with van der Waals surface area (Å²) in [6.07, 6.45) is 3.62. The van der Waals surface area contributed by atoms with Crippen LogP contribution in [0.3, 0.4) is 0 Å². The number of furan rings is 2. The molecular weight excluding hydrogens is 292 g/mol. The van der Waals surface area contributed by atoms with Crippen molar-refractivity contribution in [3.63, 3.8) is 0 Å². The molecule has 0 bridgehead atoms. The molecule has 3 heterocycles. The Balaban J connectivity index is 1.84. The molecule has 0 atom stereocenters. The third-order valence-corrected chi connectivity index (χ3v) is 4.57. The zero-order chi connectivity index (χ0) is 16.4. The van der Waals surface area contributed by atoms with Crippen LogP contribution in [0.15, 0.2) is 33.3 Å². The van der Waals surface area contributed by atoms with Crippen LogP contribution in [-0.2, 0) is 6.54 Å². The van der Waals surface area contributed by atoms with Crippen LogP contribution in [0.2, 0.25) is 0 Å². The molecule has 2 aromatic rings.